The van der Waals surface area contributed by atoms with Gasteiger partial charge in [0.05, 0.1) is 17.7 Å². The van der Waals surface area contributed by atoms with Crippen molar-refractivity contribution in [1.29, 1.82) is 0 Å². The Bertz CT molecular complexity index is 658. The molecule has 0 saturated carbocycles. The van der Waals surface area contributed by atoms with Crippen molar-refractivity contribution in [3.63, 3.8) is 0 Å². The number of nitrogens with zero attached hydrogens (tertiary/aromatic N) is 1. The molecule has 3 rings (SSSR count). The molecule has 2 heterocycles. The summed E-state index contributed by atoms with van der Waals surface area (Å²) in [6, 6.07) is 14.1. The molecule has 0 aliphatic carbocycles. The van der Waals surface area contributed by atoms with Crippen LogP contribution in [-0.4, -0.2) is 34.9 Å². The standard InChI is InChI=1S/C17H18N2O2S2/c20-16(10-19-12-22-11-17(19)21)18-14(15-7-4-8-23-15)9-13-5-2-1-3-6-13/h1-8,14H,9-12H2,(H,18,20). The maximum atomic E-state index is 12.3. The smallest absolute Gasteiger partial charge is 0.240 e. The van der Waals surface area contributed by atoms with E-state index in [9.17, 15) is 9.59 Å². The highest BCUT2D eigenvalue weighted by atomic mass is 32.2. The lowest BCUT2D eigenvalue weighted by atomic mass is 10.0. The maximum absolute atomic E-state index is 12.3. The molecule has 2 amide bonds. The van der Waals surface area contributed by atoms with Crippen LogP contribution >= 0.6 is 23.1 Å². The Morgan fingerprint density at radius 2 is 2.04 bits per heavy atom. The molecule has 1 saturated heterocycles. The first kappa shape index (κ1) is 16.1. The van der Waals surface area contributed by atoms with E-state index >= 15 is 0 Å². The molecule has 1 aromatic carbocycles. The SMILES string of the molecule is O=C(CN1CSCC1=O)NC(Cc1ccccc1)c1cccs1. The average Bonchev–Trinajstić information content (AvgIpc) is 3.20. The van der Waals surface area contributed by atoms with Gasteiger partial charge in [0.15, 0.2) is 0 Å². The van der Waals surface area contributed by atoms with Crippen molar-refractivity contribution in [3.05, 3.63) is 58.3 Å². The zero-order chi connectivity index (χ0) is 16.1. The van der Waals surface area contributed by atoms with Crippen molar-refractivity contribution < 1.29 is 9.59 Å². The van der Waals surface area contributed by atoms with E-state index in [2.05, 4.69) is 17.4 Å². The van der Waals surface area contributed by atoms with Gasteiger partial charge in [-0.05, 0) is 23.4 Å². The topological polar surface area (TPSA) is 49.4 Å². The number of hydrogen-bond donors (Lipinski definition) is 1. The highest BCUT2D eigenvalue weighted by Gasteiger charge is 2.24. The van der Waals surface area contributed by atoms with E-state index in [1.165, 1.54) is 5.56 Å². The van der Waals surface area contributed by atoms with Crippen molar-refractivity contribution in [2.75, 3.05) is 18.2 Å². The zero-order valence-corrected chi connectivity index (χ0v) is 14.2. The van der Waals surface area contributed by atoms with Gasteiger partial charge in [0.25, 0.3) is 0 Å². The van der Waals surface area contributed by atoms with Crippen LogP contribution in [0.2, 0.25) is 0 Å². The lowest BCUT2D eigenvalue weighted by Crippen LogP contribution is -2.40. The van der Waals surface area contributed by atoms with Gasteiger partial charge >= 0.3 is 0 Å². The van der Waals surface area contributed by atoms with Crippen LogP contribution in [0.15, 0.2) is 47.8 Å². The predicted molar refractivity (Wildman–Crippen MR) is 94.4 cm³/mol. The molecule has 4 nitrogen and oxygen atoms in total. The van der Waals surface area contributed by atoms with Gasteiger partial charge in [-0.15, -0.1) is 23.1 Å². The van der Waals surface area contributed by atoms with Crippen LogP contribution in [0.4, 0.5) is 0 Å². The third kappa shape index (κ3) is 4.36. The molecule has 1 N–H and O–H groups in total. The highest BCUT2D eigenvalue weighted by molar-refractivity contribution is 8.00. The zero-order valence-electron chi connectivity index (χ0n) is 12.6. The lowest BCUT2D eigenvalue weighted by Gasteiger charge is -2.20. The first-order valence-electron chi connectivity index (χ1n) is 7.44. The molecule has 23 heavy (non-hydrogen) atoms. The van der Waals surface area contributed by atoms with Crippen LogP contribution < -0.4 is 5.32 Å². The molecule has 1 atom stereocenters. The van der Waals surface area contributed by atoms with Crippen LogP contribution in [0.1, 0.15) is 16.5 Å². The van der Waals surface area contributed by atoms with Gasteiger partial charge in [-0.25, -0.2) is 0 Å². The Kier molecular flexibility index (Phi) is 5.35. The fraction of sp³-hybridized carbons (Fsp3) is 0.294. The van der Waals surface area contributed by atoms with Gasteiger partial charge in [-0.3, -0.25) is 9.59 Å². The molecule has 6 heteroatoms. The summed E-state index contributed by atoms with van der Waals surface area (Å²) in [5.74, 6) is 1.02. The monoisotopic (exact) mass is 346 g/mol. The maximum Gasteiger partial charge on any atom is 0.240 e. The first-order chi connectivity index (χ1) is 11.2. The van der Waals surface area contributed by atoms with Crippen molar-refractivity contribution in [3.8, 4) is 0 Å². The minimum atomic E-state index is -0.102. The van der Waals surface area contributed by atoms with Crippen LogP contribution in [0.5, 0.6) is 0 Å². The molecular weight excluding hydrogens is 328 g/mol. The highest BCUT2D eigenvalue weighted by Crippen LogP contribution is 2.23. The Morgan fingerprint density at radius 3 is 2.70 bits per heavy atom. The fourth-order valence-electron chi connectivity index (χ4n) is 2.52. The average molecular weight is 346 g/mol. The number of amides is 2. The molecule has 0 bridgehead atoms. The lowest BCUT2D eigenvalue weighted by molar-refractivity contribution is -0.132. The van der Waals surface area contributed by atoms with Crippen LogP contribution in [0.3, 0.4) is 0 Å². The van der Waals surface area contributed by atoms with Crippen molar-refractivity contribution >= 4 is 34.9 Å². The second-order valence-corrected chi connectivity index (χ2v) is 7.33. The number of benzene rings is 1. The summed E-state index contributed by atoms with van der Waals surface area (Å²) in [5.41, 5.74) is 1.18. The van der Waals surface area contributed by atoms with Crippen molar-refractivity contribution in [2.24, 2.45) is 0 Å². The molecule has 1 aliphatic heterocycles. The molecule has 1 fully saturated rings. The number of thioether (sulfide) groups is 1. The van der Waals surface area contributed by atoms with E-state index in [1.807, 2.05) is 35.7 Å². The molecule has 1 aromatic heterocycles. The summed E-state index contributed by atoms with van der Waals surface area (Å²) in [6.45, 7) is 0.141. The molecule has 2 aromatic rings. The van der Waals surface area contributed by atoms with Crippen LogP contribution in [-0.2, 0) is 16.0 Å². The van der Waals surface area contributed by atoms with Gasteiger partial charge in [0.1, 0.15) is 6.54 Å². The molecule has 0 spiro atoms. The second-order valence-electron chi connectivity index (χ2n) is 5.39. The Labute approximate surface area is 143 Å². The minimum Gasteiger partial charge on any atom is -0.347 e. The molecule has 0 radical (unpaired) electrons. The summed E-state index contributed by atoms with van der Waals surface area (Å²) in [7, 11) is 0. The van der Waals surface area contributed by atoms with E-state index in [1.54, 1.807) is 28.0 Å². The van der Waals surface area contributed by atoms with E-state index in [0.717, 1.165) is 11.3 Å². The second kappa shape index (κ2) is 7.66. The summed E-state index contributed by atoms with van der Waals surface area (Å²) in [4.78, 5) is 26.7. The van der Waals surface area contributed by atoms with E-state index in [4.69, 9.17) is 0 Å². The Morgan fingerprint density at radius 1 is 1.22 bits per heavy atom. The largest absolute Gasteiger partial charge is 0.347 e. The van der Waals surface area contributed by atoms with Crippen LogP contribution in [0, 0.1) is 0 Å². The first-order valence-corrected chi connectivity index (χ1v) is 9.48. The summed E-state index contributed by atoms with van der Waals surface area (Å²) in [6.07, 6.45) is 0.746. The molecule has 1 aliphatic rings. The fourth-order valence-corrected chi connectivity index (χ4v) is 4.20. The number of rotatable bonds is 6. The van der Waals surface area contributed by atoms with Crippen molar-refractivity contribution in [2.45, 2.75) is 12.5 Å². The van der Waals surface area contributed by atoms with Gasteiger partial charge < -0.3 is 10.2 Å². The van der Waals surface area contributed by atoms with Gasteiger partial charge in [-0.1, -0.05) is 36.4 Å². The number of carbonyl (C=O) groups is 2. The van der Waals surface area contributed by atoms with E-state index in [-0.39, 0.29) is 24.4 Å². The van der Waals surface area contributed by atoms with E-state index in [0.29, 0.717) is 11.6 Å². The van der Waals surface area contributed by atoms with Gasteiger partial charge in [-0.2, -0.15) is 0 Å². The molecule has 120 valence electrons. The molecular formula is C17H18N2O2S2. The third-order valence-electron chi connectivity index (χ3n) is 3.66. The quantitative estimate of drug-likeness (QED) is 0.875. The predicted octanol–water partition coefficient (Wildman–Crippen LogP) is 2.68. The third-order valence-corrected chi connectivity index (χ3v) is 5.60. The minimum absolute atomic E-state index is 0.0425. The van der Waals surface area contributed by atoms with Gasteiger partial charge in [0.2, 0.25) is 11.8 Å². The van der Waals surface area contributed by atoms with Crippen LogP contribution in [0.25, 0.3) is 0 Å². The Balaban J connectivity index is 1.66. The number of thiophene rings is 1. The Hall–Kier alpha value is -1.79. The molecule has 1 unspecified atom stereocenters. The number of nitrogens with one attached hydrogen (secondary N) is 1. The number of carbonyl (C=O) groups excluding carboxylic acids is 2. The number of hydrogen-bond acceptors (Lipinski definition) is 4. The van der Waals surface area contributed by atoms with E-state index < -0.39 is 0 Å². The van der Waals surface area contributed by atoms with Gasteiger partial charge in [0, 0.05) is 4.88 Å². The normalized spacial score (nSPS) is 15.7. The summed E-state index contributed by atoms with van der Waals surface area (Å²) in [5, 5.41) is 5.10. The summed E-state index contributed by atoms with van der Waals surface area (Å²) >= 11 is 3.19. The summed E-state index contributed by atoms with van der Waals surface area (Å²) < 4.78 is 0. The van der Waals surface area contributed by atoms with Crippen molar-refractivity contribution in [1.82, 2.24) is 10.2 Å².